The Hall–Kier alpha value is -4.80. The van der Waals surface area contributed by atoms with Gasteiger partial charge in [0, 0.05) is 29.7 Å². The Labute approximate surface area is 212 Å². The lowest BCUT2D eigenvalue weighted by Gasteiger charge is -2.13. The van der Waals surface area contributed by atoms with Crippen LogP contribution in [0, 0.1) is 17.0 Å². The maximum Gasteiger partial charge on any atom is 0.305 e. The Balaban J connectivity index is 1.39. The number of hydrazone groups is 1. The van der Waals surface area contributed by atoms with Crippen LogP contribution in [0.15, 0.2) is 64.1 Å². The molecule has 3 N–H and O–H groups in total. The molecule has 0 bridgehead atoms. The number of nitro benzene ring substituents is 1. The van der Waals surface area contributed by atoms with Crippen molar-refractivity contribution in [2.24, 2.45) is 5.10 Å². The number of nitrogens with zero attached hydrogens (tertiary/aromatic N) is 2. The number of nitrogens with one attached hydrogen (secondary N) is 3. The number of fused-ring (bicyclic) bond motifs is 1. The molecule has 1 heterocycles. The molecule has 1 aliphatic carbocycles. The summed E-state index contributed by atoms with van der Waals surface area (Å²) in [5, 5.41) is 15.0. The molecule has 0 unspecified atom stereocenters. The maximum absolute atomic E-state index is 12.7. The summed E-state index contributed by atoms with van der Waals surface area (Å²) in [6.45, 7) is 1.72. The molecule has 0 saturated carbocycles. The van der Waals surface area contributed by atoms with Crippen LogP contribution in [-0.2, 0) is 28.9 Å². The summed E-state index contributed by atoms with van der Waals surface area (Å²) in [5.41, 5.74) is 10.5. The number of carbonyl (C=O) groups excluding carboxylic acids is 3. The largest absolute Gasteiger partial charge is 0.455 e. The van der Waals surface area contributed by atoms with E-state index in [0.717, 1.165) is 12.0 Å². The first-order valence-corrected chi connectivity index (χ1v) is 11.7. The van der Waals surface area contributed by atoms with E-state index < -0.39 is 10.8 Å². The molecule has 2 aromatic carbocycles. The lowest BCUT2D eigenvalue weighted by Crippen LogP contribution is -2.42. The molecule has 3 aromatic rings. The van der Waals surface area contributed by atoms with Crippen molar-refractivity contribution in [3.8, 4) is 0 Å². The lowest BCUT2D eigenvalue weighted by molar-refractivity contribution is -0.384. The maximum atomic E-state index is 12.7. The van der Waals surface area contributed by atoms with E-state index >= 15 is 0 Å². The number of benzene rings is 2. The predicted molar refractivity (Wildman–Crippen MR) is 134 cm³/mol. The van der Waals surface area contributed by atoms with Crippen LogP contribution < -0.4 is 16.3 Å². The van der Waals surface area contributed by atoms with Crippen LogP contribution in [0.4, 0.5) is 5.69 Å². The van der Waals surface area contributed by atoms with Crippen LogP contribution in [0.25, 0.3) is 0 Å². The molecule has 0 saturated heterocycles. The van der Waals surface area contributed by atoms with Gasteiger partial charge in [-0.15, -0.1) is 0 Å². The summed E-state index contributed by atoms with van der Waals surface area (Å²) in [6, 6.07) is 14.9. The zero-order valence-electron chi connectivity index (χ0n) is 20.1. The molecule has 0 atom stereocenters. The van der Waals surface area contributed by atoms with E-state index in [-0.39, 0.29) is 36.1 Å². The second-order valence-electron chi connectivity index (χ2n) is 8.57. The van der Waals surface area contributed by atoms with E-state index in [2.05, 4.69) is 21.4 Å². The molecule has 1 aromatic heterocycles. The number of hydrogen-bond donors (Lipinski definition) is 3. The minimum Gasteiger partial charge on any atom is -0.455 e. The van der Waals surface area contributed by atoms with Gasteiger partial charge in [0.1, 0.15) is 5.76 Å². The second kappa shape index (κ2) is 11.3. The number of furan rings is 1. The molecular formula is C26H25N5O6. The van der Waals surface area contributed by atoms with Gasteiger partial charge in [-0.3, -0.25) is 35.3 Å². The highest BCUT2D eigenvalue weighted by Crippen LogP contribution is 2.29. The summed E-state index contributed by atoms with van der Waals surface area (Å²) in [4.78, 5) is 47.5. The molecule has 37 heavy (non-hydrogen) atoms. The Morgan fingerprint density at radius 2 is 1.62 bits per heavy atom. The monoisotopic (exact) mass is 503 g/mol. The molecule has 190 valence electrons. The van der Waals surface area contributed by atoms with E-state index in [0.29, 0.717) is 41.0 Å². The van der Waals surface area contributed by atoms with E-state index in [4.69, 9.17) is 4.42 Å². The van der Waals surface area contributed by atoms with E-state index in [1.807, 2.05) is 30.3 Å². The van der Waals surface area contributed by atoms with Crippen LogP contribution >= 0.6 is 0 Å². The van der Waals surface area contributed by atoms with E-state index in [9.17, 15) is 24.5 Å². The van der Waals surface area contributed by atoms with Crippen molar-refractivity contribution in [3.05, 3.63) is 98.5 Å². The van der Waals surface area contributed by atoms with E-state index in [1.54, 1.807) is 6.92 Å². The molecule has 0 fully saturated rings. The normalized spacial score (nSPS) is 13.5. The highest BCUT2D eigenvalue weighted by Gasteiger charge is 2.28. The Kier molecular flexibility index (Phi) is 7.72. The van der Waals surface area contributed by atoms with Gasteiger partial charge < -0.3 is 4.42 Å². The SMILES string of the molecule is Cc1c(C(=O)NNC(=O)Cc2ccccc2)oc2c1/C(=N/NC(=O)Cc1ccc([N+](=O)[O-])cc1)CCC2. The zero-order chi connectivity index (χ0) is 26.4. The first kappa shape index (κ1) is 25.3. The van der Waals surface area contributed by atoms with Gasteiger partial charge in [-0.25, -0.2) is 5.43 Å². The number of amides is 3. The summed E-state index contributed by atoms with van der Waals surface area (Å²) < 4.78 is 5.80. The highest BCUT2D eigenvalue weighted by atomic mass is 16.6. The van der Waals surface area contributed by atoms with Gasteiger partial charge in [0.15, 0.2) is 5.76 Å². The fraction of sp³-hybridized carbons (Fsp3) is 0.231. The van der Waals surface area contributed by atoms with Gasteiger partial charge in [-0.05, 0) is 30.9 Å². The Bertz CT molecular complexity index is 1360. The highest BCUT2D eigenvalue weighted by molar-refractivity contribution is 6.06. The minimum absolute atomic E-state index is 0.00232. The molecule has 1 aliphatic rings. The molecule has 0 radical (unpaired) electrons. The van der Waals surface area contributed by atoms with Gasteiger partial charge >= 0.3 is 5.91 Å². The molecule has 11 heteroatoms. The molecule has 3 amide bonds. The van der Waals surface area contributed by atoms with Crippen LogP contribution in [-0.4, -0.2) is 28.4 Å². The third kappa shape index (κ3) is 6.26. The van der Waals surface area contributed by atoms with Crippen molar-refractivity contribution in [2.45, 2.75) is 39.0 Å². The van der Waals surface area contributed by atoms with E-state index in [1.165, 1.54) is 24.3 Å². The average molecular weight is 504 g/mol. The number of nitro groups is 1. The first-order chi connectivity index (χ1) is 17.8. The van der Waals surface area contributed by atoms with Crippen LogP contribution in [0.2, 0.25) is 0 Å². The van der Waals surface area contributed by atoms with Gasteiger partial charge in [0.2, 0.25) is 11.8 Å². The van der Waals surface area contributed by atoms with Crippen LogP contribution in [0.1, 0.15) is 51.4 Å². The molecule has 0 aliphatic heterocycles. The molecular weight excluding hydrogens is 478 g/mol. The van der Waals surface area contributed by atoms with Gasteiger partial charge in [0.05, 0.1) is 23.5 Å². The summed E-state index contributed by atoms with van der Waals surface area (Å²) in [6.07, 6.45) is 2.04. The van der Waals surface area contributed by atoms with Crippen molar-refractivity contribution < 1.29 is 23.7 Å². The van der Waals surface area contributed by atoms with Gasteiger partial charge in [0.25, 0.3) is 5.69 Å². The third-order valence-electron chi connectivity index (χ3n) is 5.88. The predicted octanol–water partition coefficient (Wildman–Crippen LogP) is 2.90. The number of hydrogen-bond acceptors (Lipinski definition) is 7. The van der Waals surface area contributed by atoms with Crippen LogP contribution in [0.5, 0.6) is 0 Å². The van der Waals surface area contributed by atoms with Gasteiger partial charge in [-0.1, -0.05) is 42.5 Å². The standard InChI is InChI=1S/C26H25N5O6/c1-16-24-20(27-28-22(32)15-18-10-12-19(13-11-18)31(35)36)8-5-9-21(24)37-25(16)26(34)30-29-23(33)14-17-6-3-2-4-7-17/h2-4,6-7,10-13H,5,8-9,14-15H2,1H3,(H,28,32)(H,29,33)(H,30,34)/b27-20+. The molecule has 11 nitrogen and oxygen atoms in total. The lowest BCUT2D eigenvalue weighted by atomic mass is 9.93. The number of non-ortho nitro benzene ring substituents is 1. The Morgan fingerprint density at radius 1 is 0.946 bits per heavy atom. The summed E-state index contributed by atoms with van der Waals surface area (Å²) >= 11 is 0. The summed E-state index contributed by atoms with van der Waals surface area (Å²) in [7, 11) is 0. The topological polar surface area (TPSA) is 156 Å². The van der Waals surface area contributed by atoms with Crippen molar-refractivity contribution in [1.29, 1.82) is 0 Å². The smallest absolute Gasteiger partial charge is 0.305 e. The van der Waals surface area contributed by atoms with Crippen molar-refractivity contribution in [2.75, 3.05) is 0 Å². The number of aryl methyl sites for hydroxylation is 1. The molecule has 4 rings (SSSR count). The van der Waals surface area contributed by atoms with Crippen molar-refractivity contribution in [1.82, 2.24) is 16.3 Å². The minimum atomic E-state index is -0.588. The zero-order valence-corrected chi connectivity index (χ0v) is 20.1. The fourth-order valence-electron chi connectivity index (χ4n) is 4.10. The number of carbonyl (C=O) groups is 3. The van der Waals surface area contributed by atoms with Crippen LogP contribution in [0.3, 0.4) is 0 Å². The van der Waals surface area contributed by atoms with Crippen molar-refractivity contribution in [3.63, 3.8) is 0 Å². The van der Waals surface area contributed by atoms with Gasteiger partial charge in [-0.2, -0.15) is 5.10 Å². The second-order valence-corrected chi connectivity index (χ2v) is 8.57. The number of hydrazine groups is 1. The number of rotatable bonds is 7. The third-order valence-corrected chi connectivity index (χ3v) is 5.88. The molecule has 0 spiro atoms. The fourth-order valence-corrected chi connectivity index (χ4v) is 4.10. The average Bonchev–Trinajstić information content (AvgIpc) is 3.24. The summed E-state index contributed by atoms with van der Waals surface area (Å²) in [5.74, 6) is -0.681. The quantitative estimate of drug-likeness (QED) is 0.332. The Morgan fingerprint density at radius 3 is 2.32 bits per heavy atom. The van der Waals surface area contributed by atoms with Crippen molar-refractivity contribution >= 4 is 29.1 Å². The first-order valence-electron chi connectivity index (χ1n) is 11.7.